The summed E-state index contributed by atoms with van der Waals surface area (Å²) in [5.74, 6) is 1.31. The molecule has 3 aliphatic carbocycles. The minimum absolute atomic E-state index is 0. The maximum atomic E-state index is 12.8. The van der Waals surface area contributed by atoms with Crippen LogP contribution in [0.25, 0.3) is 0 Å². The van der Waals surface area contributed by atoms with Gasteiger partial charge in [-0.25, -0.2) is 0 Å². The topological polar surface area (TPSA) is 103 Å². The molecule has 0 saturated heterocycles. The van der Waals surface area contributed by atoms with Crippen LogP contribution >= 0.6 is 12.4 Å². The molecule has 4 N–H and O–H groups in total. The SMILES string of the molecule is COCCOCC(=O)NC1CCC(C(=O)NC2C3CCCC2CC(N)C3)CC1.Cl. The van der Waals surface area contributed by atoms with Crippen LogP contribution in [0, 0.1) is 17.8 Å². The molecule has 3 saturated carbocycles. The second kappa shape index (κ2) is 12.1. The minimum Gasteiger partial charge on any atom is -0.382 e. The summed E-state index contributed by atoms with van der Waals surface area (Å²) in [5, 5.41) is 6.42. The fraction of sp³-hybridized carbons (Fsp3) is 0.905. The Morgan fingerprint density at radius 1 is 0.966 bits per heavy atom. The zero-order valence-electron chi connectivity index (χ0n) is 17.6. The van der Waals surface area contributed by atoms with Gasteiger partial charge in [-0.05, 0) is 63.2 Å². The number of nitrogens with two attached hydrogens (primary N) is 1. The van der Waals surface area contributed by atoms with Gasteiger partial charge in [0.1, 0.15) is 6.61 Å². The van der Waals surface area contributed by atoms with Crippen molar-refractivity contribution in [3.63, 3.8) is 0 Å². The molecule has 0 spiro atoms. The molecule has 168 valence electrons. The number of amides is 2. The molecule has 3 rings (SSSR count). The lowest BCUT2D eigenvalue weighted by molar-refractivity contribution is -0.129. The summed E-state index contributed by atoms with van der Waals surface area (Å²) in [4.78, 5) is 24.8. The number of rotatable bonds is 8. The third kappa shape index (κ3) is 7.09. The Bertz CT molecular complexity index is 514. The van der Waals surface area contributed by atoms with Crippen molar-refractivity contribution in [2.75, 3.05) is 26.9 Å². The Kier molecular flexibility index (Phi) is 10.2. The van der Waals surface area contributed by atoms with E-state index in [1.807, 2.05) is 0 Å². The third-order valence-corrected chi connectivity index (χ3v) is 6.81. The van der Waals surface area contributed by atoms with Gasteiger partial charge in [0.05, 0.1) is 13.2 Å². The van der Waals surface area contributed by atoms with Crippen molar-refractivity contribution in [3.8, 4) is 0 Å². The van der Waals surface area contributed by atoms with Crippen molar-refractivity contribution in [3.05, 3.63) is 0 Å². The number of carbonyl (C=O) groups excluding carboxylic acids is 2. The Labute approximate surface area is 180 Å². The lowest BCUT2D eigenvalue weighted by Crippen LogP contribution is -2.55. The summed E-state index contributed by atoms with van der Waals surface area (Å²) in [6.45, 7) is 0.976. The van der Waals surface area contributed by atoms with Crippen LogP contribution in [0.3, 0.4) is 0 Å². The number of fused-ring (bicyclic) bond motifs is 2. The van der Waals surface area contributed by atoms with Crippen molar-refractivity contribution in [1.82, 2.24) is 10.6 Å². The summed E-state index contributed by atoms with van der Waals surface area (Å²) in [7, 11) is 1.60. The van der Waals surface area contributed by atoms with E-state index in [1.54, 1.807) is 7.11 Å². The molecule has 7 nitrogen and oxygen atoms in total. The van der Waals surface area contributed by atoms with Crippen molar-refractivity contribution < 1.29 is 19.1 Å². The van der Waals surface area contributed by atoms with Crippen LogP contribution in [-0.2, 0) is 19.1 Å². The van der Waals surface area contributed by atoms with E-state index in [1.165, 1.54) is 19.3 Å². The van der Waals surface area contributed by atoms with Gasteiger partial charge in [-0.1, -0.05) is 6.42 Å². The van der Waals surface area contributed by atoms with Crippen LogP contribution in [0.1, 0.15) is 57.8 Å². The van der Waals surface area contributed by atoms with E-state index in [2.05, 4.69) is 10.6 Å². The predicted molar refractivity (Wildman–Crippen MR) is 114 cm³/mol. The standard InChI is InChI=1S/C21H37N3O4.ClH/c1-27-9-10-28-13-19(25)23-18-7-5-14(6-8-18)21(26)24-20-15-3-2-4-16(20)12-17(22)11-15;/h14-18,20H,2-13,22H2,1H3,(H,23,25)(H,24,26);1H. The monoisotopic (exact) mass is 431 g/mol. The highest BCUT2D eigenvalue weighted by Crippen LogP contribution is 2.40. The maximum absolute atomic E-state index is 12.8. The second-order valence-electron chi connectivity index (χ2n) is 8.88. The van der Waals surface area contributed by atoms with E-state index in [9.17, 15) is 9.59 Å². The molecule has 0 aromatic rings. The third-order valence-electron chi connectivity index (χ3n) is 6.81. The second-order valence-corrected chi connectivity index (χ2v) is 8.88. The first-order chi connectivity index (χ1) is 13.6. The summed E-state index contributed by atoms with van der Waals surface area (Å²) < 4.78 is 10.1. The highest BCUT2D eigenvalue weighted by Gasteiger charge is 2.40. The van der Waals surface area contributed by atoms with Crippen molar-refractivity contribution >= 4 is 24.2 Å². The molecule has 3 aliphatic rings. The number of halogens is 1. The molecule has 2 unspecified atom stereocenters. The van der Waals surface area contributed by atoms with Crippen LogP contribution in [0.4, 0.5) is 0 Å². The number of carbonyl (C=O) groups is 2. The zero-order valence-corrected chi connectivity index (χ0v) is 18.4. The number of nitrogens with one attached hydrogen (secondary N) is 2. The van der Waals surface area contributed by atoms with Gasteiger partial charge in [0.15, 0.2) is 0 Å². The fourth-order valence-corrected chi connectivity index (χ4v) is 5.38. The highest BCUT2D eigenvalue weighted by molar-refractivity contribution is 5.85. The number of ether oxygens (including phenoxy) is 2. The first-order valence-electron chi connectivity index (χ1n) is 11.0. The molecule has 29 heavy (non-hydrogen) atoms. The van der Waals surface area contributed by atoms with Gasteiger partial charge < -0.3 is 25.8 Å². The van der Waals surface area contributed by atoms with Crippen LogP contribution < -0.4 is 16.4 Å². The molecule has 0 radical (unpaired) electrons. The first-order valence-corrected chi connectivity index (χ1v) is 11.0. The number of hydrogen-bond donors (Lipinski definition) is 3. The van der Waals surface area contributed by atoms with Gasteiger partial charge in [-0.2, -0.15) is 0 Å². The van der Waals surface area contributed by atoms with Crippen LogP contribution in [0.2, 0.25) is 0 Å². The lowest BCUT2D eigenvalue weighted by atomic mass is 9.67. The summed E-state index contributed by atoms with van der Waals surface area (Å²) in [6, 6.07) is 0.776. The van der Waals surface area contributed by atoms with E-state index >= 15 is 0 Å². The van der Waals surface area contributed by atoms with Crippen LogP contribution in [-0.4, -0.2) is 56.9 Å². The van der Waals surface area contributed by atoms with Gasteiger partial charge in [-0.15, -0.1) is 12.4 Å². The summed E-state index contributed by atoms with van der Waals surface area (Å²) >= 11 is 0. The Morgan fingerprint density at radius 3 is 2.24 bits per heavy atom. The largest absolute Gasteiger partial charge is 0.382 e. The summed E-state index contributed by atoms with van der Waals surface area (Å²) in [5.41, 5.74) is 6.20. The van der Waals surface area contributed by atoms with Gasteiger partial charge in [0.25, 0.3) is 0 Å². The van der Waals surface area contributed by atoms with Gasteiger partial charge in [-0.3, -0.25) is 9.59 Å². The molecule has 2 amide bonds. The number of methoxy groups -OCH3 is 1. The molecule has 3 fully saturated rings. The lowest BCUT2D eigenvalue weighted by Gasteiger charge is -2.45. The maximum Gasteiger partial charge on any atom is 0.246 e. The van der Waals surface area contributed by atoms with Crippen molar-refractivity contribution in [2.24, 2.45) is 23.5 Å². The van der Waals surface area contributed by atoms with Crippen molar-refractivity contribution in [1.29, 1.82) is 0 Å². The van der Waals surface area contributed by atoms with E-state index in [0.29, 0.717) is 37.1 Å². The average molecular weight is 432 g/mol. The van der Waals surface area contributed by atoms with Gasteiger partial charge in [0.2, 0.25) is 11.8 Å². The molecule has 8 heteroatoms. The molecule has 0 aromatic heterocycles. The fourth-order valence-electron chi connectivity index (χ4n) is 5.38. The highest BCUT2D eigenvalue weighted by atomic mass is 35.5. The molecular formula is C21H38ClN3O4. The van der Waals surface area contributed by atoms with Crippen LogP contribution in [0.5, 0.6) is 0 Å². The van der Waals surface area contributed by atoms with Gasteiger partial charge in [0, 0.05) is 31.2 Å². The number of hydrogen-bond acceptors (Lipinski definition) is 5. The smallest absolute Gasteiger partial charge is 0.246 e. The molecule has 2 bridgehead atoms. The first kappa shape index (κ1) is 24.4. The Balaban J connectivity index is 0.00000300. The molecule has 0 heterocycles. The Hall–Kier alpha value is -0.890. The summed E-state index contributed by atoms with van der Waals surface area (Å²) in [6.07, 6.45) is 9.13. The van der Waals surface area contributed by atoms with Gasteiger partial charge >= 0.3 is 0 Å². The quantitative estimate of drug-likeness (QED) is 0.508. The predicted octanol–water partition coefficient (Wildman–Crippen LogP) is 1.77. The zero-order chi connectivity index (χ0) is 19.9. The molecule has 0 aliphatic heterocycles. The normalized spacial score (nSPS) is 34.0. The molecule has 0 aromatic carbocycles. The Morgan fingerprint density at radius 2 is 1.62 bits per heavy atom. The van der Waals surface area contributed by atoms with E-state index in [4.69, 9.17) is 15.2 Å². The van der Waals surface area contributed by atoms with E-state index in [-0.39, 0.29) is 42.8 Å². The van der Waals surface area contributed by atoms with E-state index < -0.39 is 0 Å². The molecule has 2 atom stereocenters. The van der Waals surface area contributed by atoms with Crippen LogP contribution in [0.15, 0.2) is 0 Å². The average Bonchev–Trinajstić information content (AvgIpc) is 2.66. The molecular weight excluding hydrogens is 394 g/mol. The van der Waals surface area contributed by atoms with E-state index in [0.717, 1.165) is 38.5 Å². The minimum atomic E-state index is -0.0876. The van der Waals surface area contributed by atoms with Crippen molar-refractivity contribution in [2.45, 2.75) is 75.9 Å².